The Labute approximate surface area is 212 Å². The highest BCUT2D eigenvalue weighted by atomic mass is 127. The molecule has 0 unspecified atom stereocenters. The fourth-order valence-electron chi connectivity index (χ4n) is 2.92. The minimum Gasteiger partial charge on any atom is -0.444 e. The van der Waals surface area contributed by atoms with E-state index in [0.717, 1.165) is 54.8 Å². The van der Waals surface area contributed by atoms with Gasteiger partial charge in [-0.05, 0) is 65.7 Å². The van der Waals surface area contributed by atoms with Crippen molar-refractivity contribution in [1.29, 1.82) is 0 Å². The first-order valence-corrected chi connectivity index (χ1v) is 11.5. The SMILES string of the molecule is CCNC(=NCCc1sc(C)nc1C)NCCc1ccc(NC(=O)OC(C)(C)C)cc1.I. The van der Waals surface area contributed by atoms with Gasteiger partial charge < -0.3 is 15.4 Å². The minimum absolute atomic E-state index is 0. The number of ether oxygens (including phenoxy) is 1. The van der Waals surface area contributed by atoms with E-state index in [9.17, 15) is 4.79 Å². The molecule has 0 bridgehead atoms. The lowest BCUT2D eigenvalue weighted by Crippen LogP contribution is -2.38. The van der Waals surface area contributed by atoms with Gasteiger partial charge in [-0.1, -0.05) is 12.1 Å². The lowest BCUT2D eigenvalue weighted by Gasteiger charge is -2.19. The van der Waals surface area contributed by atoms with Crippen LogP contribution in [0.1, 0.15) is 48.8 Å². The topological polar surface area (TPSA) is 87.6 Å². The molecular weight excluding hydrogens is 537 g/mol. The predicted molar refractivity (Wildman–Crippen MR) is 145 cm³/mol. The monoisotopic (exact) mass is 573 g/mol. The summed E-state index contributed by atoms with van der Waals surface area (Å²) in [6.45, 7) is 14.0. The van der Waals surface area contributed by atoms with Crippen molar-refractivity contribution in [2.75, 3.05) is 25.0 Å². The third kappa shape index (κ3) is 10.6. The third-order valence-electron chi connectivity index (χ3n) is 4.26. The van der Waals surface area contributed by atoms with Crippen molar-refractivity contribution < 1.29 is 9.53 Å². The molecule has 0 fully saturated rings. The Morgan fingerprint density at radius 1 is 1.12 bits per heavy atom. The van der Waals surface area contributed by atoms with E-state index in [1.807, 2.05) is 52.0 Å². The molecule has 1 heterocycles. The molecule has 0 saturated carbocycles. The van der Waals surface area contributed by atoms with Crippen LogP contribution in [0.4, 0.5) is 10.5 Å². The van der Waals surface area contributed by atoms with Crippen LogP contribution in [-0.4, -0.2) is 42.3 Å². The second kappa shape index (κ2) is 13.6. The highest BCUT2D eigenvalue weighted by Gasteiger charge is 2.16. The second-order valence-electron chi connectivity index (χ2n) is 8.25. The Morgan fingerprint density at radius 3 is 2.38 bits per heavy atom. The number of aryl methyl sites for hydroxylation is 2. The lowest BCUT2D eigenvalue weighted by molar-refractivity contribution is 0.0636. The van der Waals surface area contributed by atoms with Crippen LogP contribution < -0.4 is 16.0 Å². The maximum atomic E-state index is 11.9. The molecule has 1 amide bonds. The van der Waals surface area contributed by atoms with Gasteiger partial charge in [0.05, 0.1) is 10.7 Å². The van der Waals surface area contributed by atoms with Crippen LogP contribution in [0, 0.1) is 13.8 Å². The van der Waals surface area contributed by atoms with E-state index in [-0.39, 0.29) is 24.0 Å². The molecule has 1 aromatic carbocycles. The zero-order chi connectivity index (χ0) is 22.9. The number of thiazole rings is 1. The molecular formula is C23H36IN5O2S. The van der Waals surface area contributed by atoms with E-state index in [1.165, 1.54) is 10.4 Å². The molecule has 1 aromatic heterocycles. The summed E-state index contributed by atoms with van der Waals surface area (Å²) in [4.78, 5) is 22.3. The lowest BCUT2D eigenvalue weighted by atomic mass is 10.1. The Kier molecular flexibility index (Phi) is 12.0. The Bertz CT molecular complexity index is 876. The zero-order valence-electron chi connectivity index (χ0n) is 19.9. The van der Waals surface area contributed by atoms with Crippen molar-refractivity contribution in [3.8, 4) is 0 Å². The number of amides is 1. The summed E-state index contributed by atoms with van der Waals surface area (Å²) in [5.74, 6) is 0.824. The number of anilines is 1. The second-order valence-corrected chi connectivity index (χ2v) is 9.54. The van der Waals surface area contributed by atoms with E-state index in [1.54, 1.807) is 11.3 Å². The summed E-state index contributed by atoms with van der Waals surface area (Å²) in [5, 5.41) is 10.5. The molecule has 0 spiro atoms. The number of carbonyl (C=O) groups excluding carboxylic acids is 1. The summed E-state index contributed by atoms with van der Waals surface area (Å²) < 4.78 is 5.27. The number of halogens is 1. The first-order chi connectivity index (χ1) is 14.7. The first-order valence-electron chi connectivity index (χ1n) is 10.7. The van der Waals surface area contributed by atoms with Gasteiger partial charge in [0.25, 0.3) is 0 Å². The maximum Gasteiger partial charge on any atom is 0.412 e. The van der Waals surface area contributed by atoms with Gasteiger partial charge >= 0.3 is 6.09 Å². The Balaban J connectivity index is 0.00000512. The molecule has 32 heavy (non-hydrogen) atoms. The number of benzene rings is 1. The predicted octanol–water partition coefficient (Wildman–Crippen LogP) is 5.07. The number of hydrogen-bond acceptors (Lipinski definition) is 5. The van der Waals surface area contributed by atoms with Crippen LogP contribution in [0.3, 0.4) is 0 Å². The number of nitrogens with one attached hydrogen (secondary N) is 3. The molecule has 2 rings (SSSR count). The standard InChI is InChI=1S/C23H35N5O2S.HI/c1-7-24-21(26-15-13-20-16(2)27-17(3)31-20)25-14-12-18-8-10-19(11-9-18)28-22(29)30-23(4,5)6;/h8-11H,7,12-15H2,1-6H3,(H,28,29)(H2,24,25,26);1H. The average Bonchev–Trinajstić information content (AvgIpc) is 2.99. The van der Waals surface area contributed by atoms with Crippen molar-refractivity contribution in [1.82, 2.24) is 15.6 Å². The van der Waals surface area contributed by atoms with Gasteiger partial charge in [0.15, 0.2) is 5.96 Å². The van der Waals surface area contributed by atoms with Crippen LogP contribution >= 0.6 is 35.3 Å². The number of hydrogen-bond donors (Lipinski definition) is 3. The van der Waals surface area contributed by atoms with Gasteiger partial charge in [-0.15, -0.1) is 35.3 Å². The summed E-state index contributed by atoms with van der Waals surface area (Å²) in [6, 6.07) is 7.79. The summed E-state index contributed by atoms with van der Waals surface area (Å²) >= 11 is 1.75. The van der Waals surface area contributed by atoms with Gasteiger partial charge in [-0.2, -0.15) is 0 Å². The van der Waals surface area contributed by atoms with Gasteiger partial charge in [0.1, 0.15) is 5.60 Å². The quantitative estimate of drug-likeness (QED) is 0.233. The molecule has 0 radical (unpaired) electrons. The van der Waals surface area contributed by atoms with E-state index >= 15 is 0 Å². The molecule has 9 heteroatoms. The van der Waals surface area contributed by atoms with E-state index in [2.05, 4.69) is 39.8 Å². The number of carbonyl (C=O) groups is 1. The van der Waals surface area contributed by atoms with Crippen LogP contribution in [0.5, 0.6) is 0 Å². The Morgan fingerprint density at radius 2 is 1.81 bits per heavy atom. The minimum atomic E-state index is -0.514. The molecule has 7 nitrogen and oxygen atoms in total. The van der Waals surface area contributed by atoms with Crippen LogP contribution in [0.2, 0.25) is 0 Å². The van der Waals surface area contributed by atoms with Gasteiger partial charge in [0, 0.05) is 36.6 Å². The van der Waals surface area contributed by atoms with E-state index in [0.29, 0.717) is 0 Å². The van der Waals surface area contributed by atoms with Gasteiger partial charge in [0.2, 0.25) is 0 Å². The molecule has 178 valence electrons. The van der Waals surface area contributed by atoms with Crippen LogP contribution in [0.15, 0.2) is 29.3 Å². The molecule has 0 saturated heterocycles. The van der Waals surface area contributed by atoms with E-state index < -0.39 is 11.7 Å². The van der Waals surface area contributed by atoms with E-state index in [4.69, 9.17) is 4.74 Å². The molecule has 0 aliphatic rings. The highest BCUT2D eigenvalue weighted by Crippen LogP contribution is 2.17. The number of nitrogens with zero attached hydrogens (tertiary/aromatic N) is 2. The van der Waals surface area contributed by atoms with Gasteiger partial charge in [-0.3, -0.25) is 10.3 Å². The fourth-order valence-corrected chi connectivity index (χ4v) is 3.84. The fraction of sp³-hybridized carbons (Fsp3) is 0.522. The van der Waals surface area contributed by atoms with Crippen molar-refractivity contribution >= 4 is 53.1 Å². The summed E-state index contributed by atoms with van der Waals surface area (Å²) in [6.07, 6.45) is 1.31. The summed E-state index contributed by atoms with van der Waals surface area (Å²) in [7, 11) is 0. The van der Waals surface area contributed by atoms with Crippen LogP contribution in [-0.2, 0) is 17.6 Å². The average molecular weight is 574 g/mol. The van der Waals surface area contributed by atoms with Crippen molar-refractivity contribution in [3.05, 3.63) is 45.4 Å². The largest absolute Gasteiger partial charge is 0.444 e. The molecule has 0 aliphatic carbocycles. The van der Waals surface area contributed by atoms with Crippen molar-refractivity contribution in [3.63, 3.8) is 0 Å². The molecule has 3 N–H and O–H groups in total. The number of aliphatic imine (C=N–C) groups is 1. The third-order valence-corrected chi connectivity index (χ3v) is 5.39. The number of aromatic nitrogens is 1. The highest BCUT2D eigenvalue weighted by molar-refractivity contribution is 14.0. The first kappa shape index (κ1) is 28.2. The number of guanidine groups is 1. The normalized spacial score (nSPS) is 11.5. The zero-order valence-corrected chi connectivity index (χ0v) is 23.0. The number of rotatable bonds is 8. The maximum absolute atomic E-state index is 11.9. The summed E-state index contributed by atoms with van der Waals surface area (Å²) in [5.41, 5.74) is 2.49. The smallest absolute Gasteiger partial charge is 0.412 e. The molecule has 0 aliphatic heterocycles. The Hall–Kier alpha value is -1.88. The van der Waals surface area contributed by atoms with Crippen molar-refractivity contribution in [2.24, 2.45) is 4.99 Å². The van der Waals surface area contributed by atoms with Crippen molar-refractivity contribution in [2.45, 2.75) is 60.0 Å². The van der Waals surface area contributed by atoms with Crippen LogP contribution in [0.25, 0.3) is 0 Å². The molecule has 2 aromatic rings. The van der Waals surface area contributed by atoms with Gasteiger partial charge in [-0.25, -0.2) is 9.78 Å². The molecule has 0 atom stereocenters.